The Bertz CT molecular complexity index is 1030. The van der Waals surface area contributed by atoms with Gasteiger partial charge in [-0.3, -0.25) is 9.59 Å². The van der Waals surface area contributed by atoms with Crippen LogP contribution in [0.5, 0.6) is 0 Å². The van der Waals surface area contributed by atoms with Gasteiger partial charge in [0.25, 0.3) is 0 Å². The number of aliphatic hydroxyl groups excluding tert-OH is 2. The highest BCUT2D eigenvalue weighted by molar-refractivity contribution is 5.76. The smallest absolute Gasteiger partial charge is 0.305 e. The maximum Gasteiger partial charge on any atom is 0.305 e. The molecule has 6 heteroatoms. The van der Waals surface area contributed by atoms with Crippen LogP contribution in [-0.4, -0.2) is 47.4 Å². The second-order valence-electron chi connectivity index (χ2n) is 21.7. The van der Waals surface area contributed by atoms with Gasteiger partial charge in [-0.1, -0.05) is 302 Å². The molecule has 0 radical (unpaired) electrons. The molecule has 0 aliphatic carbocycles. The summed E-state index contributed by atoms with van der Waals surface area (Å²) >= 11 is 0. The molecule has 0 aliphatic heterocycles. The van der Waals surface area contributed by atoms with Crippen molar-refractivity contribution in [3.05, 3.63) is 12.2 Å². The van der Waals surface area contributed by atoms with E-state index >= 15 is 0 Å². The van der Waals surface area contributed by atoms with E-state index in [4.69, 9.17) is 4.74 Å². The van der Waals surface area contributed by atoms with Crippen molar-refractivity contribution in [2.75, 3.05) is 13.2 Å². The van der Waals surface area contributed by atoms with E-state index in [-0.39, 0.29) is 18.5 Å². The second kappa shape index (κ2) is 59.2. The van der Waals surface area contributed by atoms with E-state index in [1.165, 1.54) is 250 Å². The molecule has 0 rings (SSSR count). The number of hydrogen-bond donors (Lipinski definition) is 3. The molecule has 0 bridgehead atoms. The maximum absolute atomic E-state index is 12.5. The van der Waals surface area contributed by atoms with Crippen molar-refractivity contribution < 1.29 is 24.5 Å². The summed E-state index contributed by atoms with van der Waals surface area (Å²) < 4.78 is 5.49. The fourth-order valence-electron chi connectivity index (χ4n) is 9.99. The second-order valence-corrected chi connectivity index (χ2v) is 21.7. The van der Waals surface area contributed by atoms with Crippen LogP contribution in [0.3, 0.4) is 0 Å². The molecule has 0 aromatic carbocycles. The number of hydrogen-bond acceptors (Lipinski definition) is 5. The fourth-order valence-corrected chi connectivity index (χ4v) is 9.99. The SMILES string of the molecule is CCCCCCCCCCCCCCCCCCCCCC(=O)OCCCCCC/C=C\CCCCCCCCCC(=O)NC(CO)C(O)CCCCCCCCCCCCCCCCCCCC. The van der Waals surface area contributed by atoms with Crippen molar-refractivity contribution >= 4 is 11.9 Å². The van der Waals surface area contributed by atoms with Crippen LogP contribution in [0.2, 0.25) is 0 Å². The molecule has 2 unspecified atom stereocenters. The molecule has 2 atom stereocenters. The number of rotatable bonds is 59. The van der Waals surface area contributed by atoms with Gasteiger partial charge >= 0.3 is 5.97 Å². The highest BCUT2D eigenvalue weighted by atomic mass is 16.5. The number of allylic oxidation sites excluding steroid dienone is 2. The maximum atomic E-state index is 12.5. The first-order valence-corrected chi connectivity index (χ1v) is 31.4. The van der Waals surface area contributed by atoms with Gasteiger partial charge in [0, 0.05) is 12.8 Å². The normalized spacial score (nSPS) is 12.6. The number of esters is 1. The van der Waals surface area contributed by atoms with E-state index in [2.05, 4.69) is 31.3 Å². The van der Waals surface area contributed by atoms with Crippen LogP contribution in [0.15, 0.2) is 12.2 Å². The number of amides is 1. The van der Waals surface area contributed by atoms with Gasteiger partial charge in [0.1, 0.15) is 0 Å². The summed E-state index contributed by atoms with van der Waals surface area (Å²) in [7, 11) is 0. The summed E-state index contributed by atoms with van der Waals surface area (Å²) in [6.07, 6.45) is 70.7. The van der Waals surface area contributed by atoms with E-state index < -0.39 is 12.1 Å². The van der Waals surface area contributed by atoms with Crippen molar-refractivity contribution in [2.45, 2.75) is 366 Å². The van der Waals surface area contributed by atoms with Crippen LogP contribution < -0.4 is 5.32 Å². The molecule has 0 aromatic heterocycles. The molecule has 3 N–H and O–H groups in total. The molecule has 0 aliphatic rings. The van der Waals surface area contributed by atoms with Gasteiger partial charge in [0.05, 0.1) is 25.4 Å². The number of carbonyl (C=O) groups is 2. The third-order valence-corrected chi connectivity index (χ3v) is 14.8. The number of nitrogens with one attached hydrogen (secondary N) is 1. The Morgan fingerprint density at radius 3 is 1.03 bits per heavy atom. The van der Waals surface area contributed by atoms with Gasteiger partial charge in [0.2, 0.25) is 5.91 Å². The Balaban J connectivity index is 3.43. The first kappa shape index (κ1) is 67.6. The van der Waals surface area contributed by atoms with E-state index in [1.54, 1.807) is 0 Å². The molecule has 0 saturated carbocycles. The van der Waals surface area contributed by atoms with Crippen LogP contribution in [-0.2, 0) is 14.3 Å². The molecule has 69 heavy (non-hydrogen) atoms. The Morgan fingerprint density at radius 1 is 0.391 bits per heavy atom. The quantitative estimate of drug-likeness (QED) is 0.0321. The zero-order valence-electron chi connectivity index (χ0n) is 46.8. The number of carbonyl (C=O) groups excluding carboxylic acids is 2. The first-order chi connectivity index (χ1) is 34.0. The monoisotopic (exact) mass is 974 g/mol. The van der Waals surface area contributed by atoms with Crippen LogP contribution >= 0.6 is 0 Å². The van der Waals surface area contributed by atoms with Crippen molar-refractivity contribution in [2.24, 2.45) is 0 Å². The molecule has 0 aromatic rings. The molecule has 0 spiro atoms. The summed E-state index contributed by atoms with van der Waals surface area (Å²) in [6, 6.07) is -0.553. The highest BCUT2D eigenvalue weighted by Crippen LogP contribution is 2.18. The molecule has 1 amide bonds. The van der Waals surface area contributed by atoms with Crippen LogP contribution in [0.4, 0.5) is 0 Å². The Kier molecular flexibility index (Phi) is 58.0. The number of unbranched alkanes of at least 4 members (excludes halogenated alkanes) is 46. The third kappa shape index (κ3) is 55.8. The first-order valence-electron chi connectivity index (χ1n) is 31.4. The Morgan fingerprint density at radius 2 is 0.681 bits per heavy atom. The van der Waals surface area contributed by atoms with Gasteiger partial charge in [-0.05, 0) is 51.4 Å². The topological polar surface area (TPSA) is 95.9 Å². The van der Waals surface area contributed by atoms with Crippen molar-refractivity contribution in [3.8, 4) is 0 Å². The van der Waals surface area contributed by atoms with Gasteiger partial charge in [-0.15, -0.1) is 0 Å². The fraction of sp³-hybridized carbons (Fsp3) is 0.937. The average molecular weight is 975 g/mol. The van der Waals surface area contributed by atoms with Crippen molar-refractivity contribution in [1.82, 2.24) is 5.32 Å². The number of ether oxygens (including phenoxy) is 1. The van der Waals surface area contributed by atoms with Crippen LogP contribution in [0.1, 0.15) is 354 Å². The predicted molar refractivity (Wildman–Crippen MR) is 301 cm³/mol. The molecule has 0 fully saturated rings. The molecular weight excluding hydrogens is 851 g/mol. The van der Waals surface area contributed by atoms with Gasteiger partial charge < -0.3 is 20.3 Å². The lowest BCUT2D eigenvalue weighted by molar-refractivity contribution is -0.143. The highest BCUT2D eigenvalue weighted by Gasteiger charge is 2.20. The zero-order valence-corrected chi connectivity index (χ0v) is 46.8. The third-order valence-electron chi connectivity index (χ3n) is 14.8. The molecule has 6 nitrogen and oxygen atoms in total. The summed E-state index contributed by atoms with van der Waals surface area (Å²) in [5.41, 5.74) is 0. The molecule has 0 heterocycles. The van der Waals surface area contributed by atoms with Gasteiger partial charge in [-0.25, -0.2) is 0 Å². The van der Waals surface area contributed by atoms with E-state index in [1.807, 2.05) is 0 Å². The molecule has 0 saturated heterocycles. The minimum absolute atomic E-state index is 0.00425. The Labute approximate surface area is 431 Å². The minimum atomic E-state index is -0.674. The van der Waals surface area contributed by atoms with Crippen molar-refractivity contribution in [1.29, 1.82) is 0 Å². The van der Waals surface area contributed by atoms with E-state index in [0.29, 0.717) is 25.9 Å². The standard InChI is InChI=1S/C63H123NO5/c1-3-5-7-9-11-13-15-17-19-21-23-25-29-33-37-41-45-49-53-57-63(68)69-58-54-50-46-42-38-34-30-26-28-32-36-40-44-48-52-56-62(67)64-60(59-65)61(66)55-51-47-43-39-35-31-27-24-22-20-18-16-14-12-10-8-6-4-2/h30,34,60-61,65-66H,3-29,31-33,35-59H2,1-2H3,(H,64,67)/b34-30-. The molecule has 410 valence electrons. The lowest BCUT2D eigenvalue weighted by atomic mass is 10.0. The number of aliphatic hydroxyl groups is 2. The van der Waals surface area contributed by atoms with Crippen LogP contribution in [0.25, 0.3) is 0 Å². The Hall–Kier alpha value is -1.40. The predicted octanol–water partition coefficient (Wildman–Crippen LogP) is 19.6. The molecular formula is C63H123NO5. The summed E-state index contributed by atoms with van der Waals surface area (Å²) in [5, 5.41) is 23.3. The van der Waals surface area contributed by atoms with Gasteiger partial charge in [-0.2, -0.15) is 0 Å². The zero-order chi connectivity index (χ0) is 50.0. The average Bonchev–Trinajstić information content (AvgIpc) is 3.35. The van der Waals surface area contributed by atoms with Crippen molar-refractivity contribution in [3.63, 3.8) is 0 Å². The largest absolute Gasteiger partial charge is 0.466 e. The van der Waals surface area contributed by atoms with Gasteiger partial charge in [0.15, 0.2) is 0 Å². The summed E-state index contributed by atoms with van der Waals surface area (Å²) in [4.78, 5) is 24.6. The summed E-state index contributed by atoms with van der Waals surface area (Å²) in [6.45, 7) is 4.95. The minimum Gasteiger partial charge on any atom is -0.466 e. The summed E-state index contributed by atoms with van der Waals surface area (Å²) in [5.74, 6) is -0.0509. The van der Waals surface area contributed by atoms with Crippen LogP contribution in [0, 0.1) is 0 Å². The lowest BCUT2D eigenvalue weighted by Crippen LogP contribution is -2.45. The van der Waals surface area contributed by atoms with E-state index in [9.17, 15) is 19.8 Å². The lowest BCUT2D eigenvalue weighted by Gasteiger charge is -2.22. The van der Waals surface area contributed by atoms with E-state index in [0.717, 1.165) is 70.6 Å².